The average molecular weight is 319 g/mol. The van der Waals surface area contributed by atoms with Crippen molar-refractivity contribution in [2.75, 3.05) is 7.05 Å². The van der Waals surface area contributed by atoms with E-state index in [1.165, 1.54) is 12.1 Å². The van der Waals surface area contributed by atoms with Gasteiger partial charge in [-0.15, -0.1) is 0 Å². The van der Waals surface area contributed by atoms with E-state index in [9.17, 15) is 9.18 Å². The molecule has 0 N–H and O–H groups in total. The summed E-state index contributed by atoms with van der Waals surface area (Å²) >= 11 is 6.01. The second kappa shape index (κ2) is 6.05. The molecule has 0 bridgehead atoms. The number of benzene rings is 1. The van der Waals surface area contributed by atoms with Gasteiger partial charge in [0.15, 0.2) is 0 Å². The number of amides is 1. The Morgan fingerprint density at radius 2 is 2.27 bits per heavy atom. The van der Waals surface area contributed by atoms with Crippen molar-refractivity contribution in [2.45, 2.75) is 18.9 Å². The molecule has 1 aliphatic carbocycles. The summed E-state index contributed by atoms with van der Waals surface area (Å²) in [4.78, 5) is 18.2. The Balaban J connectivity index is 1.64. The van der Waals surface area contributed by atoms with Crippen molar-refractivity contribution in [3.63, 3.8) is 0 Å². The minimum Gasteiger partial charge on any atom is -0.341 e. The number of aromatic nitrogens is 1. The van der Waals surface area contributed by atoms with E-state index in [4.69, 9.17) is 11.6 Å². The standard InChI is InChI=1S/C17H16ClFN2O/c1-21(10-12-4-5-13(19)7-16(12)18)17(22)15-8-14(15)11-3-2-6-20-9-11/h2-7,9,14-15H,8,10H2,1H3/t14-,15-/m0/s1. The van der Waals surface area contributed by atoms with Gasteiger partial charge in [-0.2, -0.15) is 0 Å². The summed E-state index contributed by atoms with van der Waals surface area (Å²) in [7, 11) is 1.75. The fourth-order valence-corrected chi connectivity index (χ4v) is 2.93. The van der Waals surface area contributed by atoms with Crippen LogP contribution in [0.1, 0.15) is 23.5 Å². The van der Waals surface area contributed by atoms with Gasteiger partial charge in [-0.05, 0) is 41.7 Å². The average Bonchev–Trinajstić information content (AvgIpc) is 3.30. The van der Waals surface area contributed by atoms with Crippen LogP contribution in [0.15, 0.2) is 42.7 Å². The Morgan fingerprint density at radius 3 is 2.95 bits per heavy atom. The van der Waals surface area contributed by atoms with Crippen LogP contribution in [-0.2, 0) is 11.3 Å². The molecule has 0 radical (unpaired) electrons. The maximum absolute atomic E-state index is 13.0. The van der Waals surface area contributed by atoms with Crippen LogP contribution in [0.5, 0.6) is 0 Å². The largest absolute Gasteiger partial charge is 0.341 e. The summed E-state index contributed by atoms with van der Waals surface area (Å²) in [5, 5.41) is 0.347. The topological polar surface area (TPSA) is 33.2 Å². The second-order valence-corrected chi connectivity index (χ2v) is 6.07. The molecule has 1 aliphatic rings. The first-order valence-electron chi connectivity index (χ1n) is 7.15. The normalized spacial score (nSPS) is 19.8. The third kappa shape index (κ3) is 3.12. The number of carbonyl (C=O) groups excluding carboxylic acids is 1. The van der Waals surface area contributed by atoms with E-state index in [1.807, 2.05) is 18.3 Å². The fraction of sp³-hybridized carbons (Fsp3) is 0.294. The zero-order chi connectivity index (χ0) is 15.7. The number of hydrogen-bond acceptors (Lipinski definition) is 2. The highest BCUT2D eigenvalue weighted by molar-refractivity contribution is 6.31. The molecule has 0 aliphatic heterocycles. The minimum atomic E-state index is -0.374. The first-order chi connectivity index (χ1) is 10.6. The van der Waals surface area contributed by atoms with Gasteiger partial charge in [0.05, 0.1) is 0 Å². The van der Waals surface area contributed by atoms with E-state index in [0.717, 1.165) is 17.5 Å². The predicted molar refractivity (Wildman–Crippen MR) is 83.0 cm³/mol. The molecule has 2 atom stereocenters. The van der Waals surface area contributed by atoms with Crippen molar-refractivity contribution in [1.29, 1.82) is 0 Å². The number of nitrogens with zero attached hydrogens (tertiary/aromatic N) is 2. The zero-order valence-electron chi connectivity index (χ0n) is 12.2. The fourth-order valence-electron chi connectivity index (χ4n) is 2.70. The molecular weight excluding hydrogens is 303 g/mol. The van der Waals surface area contributed by atoms with Gasteiger partial charge in [0.1, 0.15) is 5.82 Å². The van der Waals surface area contributed by atoms with Gasteiger partial charge in [-0.1, -0.05) is 23.7 Å². The lowest BCUT2D eigenvalue weighted by atomic mass is 10.1. The zero-order valence-corrected chi connectivity index (χ0v) is 12.9. The Kier molecular flexibility index (Phi) is 4.12. The summed E-state index contributed by atoms with van der Waals surface area (Å²) in [5.74, 6) is -0.0171. The van der Waals surface area contributed by atoms with Gasteiger partial charge in [0.2, 0.25) is 5.91 Å². The molecule has 1 saturated carbocycles. The summed E-state index contributed by atoms with van der Waals surface area (Å²) in [6.07, 6.45) is 4.40. The van der Waals surface area contributed by atoms with Crippen molar-refractivity contribution in [2.24, 2.45) is 5.92 Å². The smallest absolute Gasteiger partial charge is 0.226 e. The number of rotatable bonds is 4. The molecule has 1 heterocycles. The van der Waals surface area contributed by atoms with E-state index in [0.29, 0.717) is 11.6 Å². The van der Waals surface area contributed by atoms with Crippen LogP contribution in [0, 0.1) is 11.7 Å². The first-order valence-corrected chi connectivity index (χ1v) is 7.53. The Bertz CT molecular complexity index is 692. The highest BCUT2D eigenvalue weighted by Gasteiger charge is 2.45. The van der Waals surface area contributed by atoms with Crippen molar-refractivity contribution in [3.05, 3.63) is 64.7 Å². The lowest BCUT2D eigenvalue weighted by molar-refractivity contribution is -0.131. The maximum Gasteiger partial charge on any atom is 0.226 e. The Labute approximate surface area is 133 Å². The molecule has 1 aromatic carbocycles. The van der Waals surface area contributed by atoms with Gasteiger partial charge in [0.25, 0.3) is 0 Å². The van der Waals surface area contributed by atoms with Gasteiger partial charge < -0.3 is 4.90 Å². The molecule has 0 spiro atoms. The van der Waals surface area contributed by atoms with Crippen molar-refractivity contribution in [3.8, 4) is 0 Å². The third-order valence-corrected chi connectivity index (χ3v) is 4.37. The molecule has 1 amide bonds. The van der Waals surface area contributed by atoms with Crippen LogP contribution < -0.4 is 0 Å². The third-order valence-electron chi connectivity index (χ3n) is 4.02. The molecule has 3 rings (SSSR count). The van der Waals surface area contributed by atoms with Gasteiger partial charge in [-0.3, -0.25) is 9.78 Å². The first kappa shape index (κ1) is 15.0. The highest BCUT2D eigenvalue weighted by Crippen LogP contribution is 2.48. The van der Waals surface area contributed by atoms with E-state index in [2.05, 4.69) is 4.98 Å². The van der Waals surface area contributed by atoms with E-state index >= 15 is 0 Å². The van der Waals surface area contributed by atoms with Crippen LogP contribution in [0.25, 0.3) is 0 Å². The van der Waals surface area contributed by atoms with E-state index < -0.39 is 0 Å². The van der Waals surface area contributed by atoms with Crippen LogP contribution in [0.2, 0.25) is 5.02 Å². The highest BCUT2D eigenvalue weighted by atomic mass is 35.5. The Hall–Kier alpha value is -1.94. The van der Waals surface area contributed by atoms with Gasteiger partial charge in [0, 0.05) is 36.9 Å². The molecule has 2 aromatic rings. The number of halogens is 2. The van der Waals surface area contributed by atoms with Crippen molar-refractivity contribution >= 4 is 17.5 Å². The summed E-state index contributed by atoms with van der Waals surface area (Å²) in [6.45, 7) is 0.383. The number of carbonyl (C=O) groups is 1. The summed E-state index contributed by atoms with van der Waals surface area (Å²) < 4.78 is 13.0. The van der Waals surface area contributed by atoms with Gasteiger partial charge in [-0.25, -0.2) is 4.39 Å². The van der Waals surface area contributed by atoms with Crippen LogP contribution in [0.3, 0.4) is 0 Å². The summed E-state index contributed by atoms with van der Waals surface area (Å²) in [6, 6.07) is 8.13. The molecule has 1 aromatic heterocycles. The molecule has 22 heavy (non-hydrogen) atoms. The minimum absolute atomic E-state index is 0.00780. The van der Waals surface area contributed by atoms with Crippen LogP contribution >= 0.6 is 11.6 Å². The second-order valence-electron chi connectivity index (χ2n) is 5.67. The SMILES string of the molecule is CN(Cc1ccc(F)cc1Cl)C(=O)[C@H]1C[C@H]1c1cccnc1. The quantitative estimate of drug-likeness (QED) is 0.862. The molecular formula is C17H16ClFN2O. The van der Waals surface area contributed by atoms with Crippen molar-refractivity contribution < 1.29 is 9.18 Å². The molecule has 3 nitrogen and oxygen atoms in total. The van der Waals surface area contributed by atoms with Crippen LogP contribution in [0.4, 0.5) is 4.39 Å². The van der Waals surface area contributed by atoms with E-state index in [-0.39, 0.29) is 23.6 Å². The Morgan fingerprint density at radius 1 is 1.45 bits per heavy atom. The van der Waals surface area contributed by atoms with E-state index in [1.54, 1.807) is 24.2 Å². The number of pyridine rings is 1. The monoisotopic (exact) mass is 318 g/mol. The maximum atomic E-state index is 13.0. The van der Waals surface area contributed by atoms with Crippen molar-refractivity contribution in [1.82, 2.24) is 9.88 Å². The lowest BCUT2D eigenvalue weighted by Gasteiger charge is -2.18. The molecule has 114 valence electrons. The molecule has 0 unspecified atom stereocenters. The summed E-state index contributed by atoms with van der Waals surface area (Å²) in [5.41, 5.74) is 1.85. The lowest BCUT2D eigenvalue weighted by Crippen LogP contribution is -2.28. The van der Waals surface area contributed by atoms with Gasteiger partial charge >= 0.3 is 0 Å². The van der Waals surface area contributed by atoms with Crippen LogP contribution in [-0.4, -0.2) is 22.8 Å². The molecule has 5 heteroatoms. The number of hydrogen-bond donors (Lipinski definition) is 0. The predicted octanol–water partition coefficient (Wildman–Crippen LogP) is 3.64. The molecule has 0 saturated heterocycles. The molecule has 1 fully saturated rings.